The van der Waals surface area contributed by atoms with Gasteiger partial charge in [-0.2, -0.15) is 0 Å². The van der Waals surface area contributed by atoms with Gasteiger partial charge in [0, 0.05) is 15.7 Å². The maximum absolute atomic E-state index is 12.6. The van der Waals surface area contributed by atoms with Crippen molar-refractivity contribution in [2.24, 2.45) is 23.7 Å². The highest BCUT2D eigenvalue weighted by Crippen LogP contribution is 2.60. The Bertz CT molecular complexity index is 585. The number of carbonyl (C=O) groups excluding carboxylic acids is 2. The topological polar surface area (TPSA) is 63.4 Å². The summed E-state index contributed by atoms with van der Waals surface area (Å²) in [6.45, 7) is 1.75. The van der Waals surface area contributed by atoms with Gasteiger partial charge in [0.05, 0.1) is 11.8 Å². The molecule has 1 saturated heterocycles. The van der Waals surface area contributed by atoms with Gasteiger partial charge in [0.25, 0.3) is 0 Å². The zero-order chi connectivity index (χ0) is 14.2. The van der Waals surface area contributed by atoms with Crippen LogP contribution < -0.4 is 4.90 Å². The van der Waals surface area contributed by atoms with Crippen molar-refractivity contribution in [1.29, 1.82) is 0 Å². The first kappa shape index (κ1) is 13.0. The maximum Gasteiger partial charge on any atom is 0.239 e. The summed E-state index contributed by atoms with van der Waals surface area (Å²) in [6, 6.07) is 1.63. The number of hydrogen-bond acceptors (Lipinski definition) is 4. The number of aryl methyl sites for hydroxylation is 1. The third-order valence-corrected chi connectivity index (χ3v) is 8.04. The lowest BCUT2D eigenvalue weighted by Gasteiger charge is -2.28. The lowest BCUT2D eigenvalue weighted by molar-refractivity contribution is -0.123. The smallest absolute Gasteiger partial charge is 0.239 e. The first-order chi connectivity index (χ1) is 9.50. The maximum atomic E-state index is 12.6. The fourth-order valence-electron chi connectivity index (χ4n) is 4.03. The number of rotatable bonds is 1. The van der Waals surface area contributed by atoms with E-state index < -0.39 is 0 Å². The quantitative estimate of drug-likeness (QED) is 0.533. The molecule has 7 heteroatoms. The molecule has 6 atom stereocenters. The van der Waals surface area contributed by atoms with Gasteiger partial charge in [-0.15, -0.1) is 0 Å². The molecule has 106 valence electrons. The monoisotopic (exact) mass is 402 g/mol. The predicted octanol–water partition coefficient (Wildman–Crippen LogP) is 2.27. The number of carbonyl (C=O) groups is 2. The Labute approximate surface area is 132 Å². The van der Waals surface area contributed by atoms with Crippen LogP contribution >= 0.6 is 31.9 Å². The molecule has 4 rings (SSSR count). The van der Waals surface area contributed by atoms with Crippen LogP contribution in [0.15, 0.2) is 10.6 Å². The van der Waals surface area contributed by atoms with Gasteiger partial charge >= 0.3 is 0 Å². The number of imide groups is 1. The van der Waals surface area contributed by atoms with Crippen LogP contribution in [0.25, 0.3) is 0 Å². The standard InChI is InChI=1S/C13H12Br2N2O3/c1-4-2-7(16-20-4)17-12(18)8-5-3-6(9(8)13(17)19)11(15)10(5)14/h2,5-6,8-11H,3H2,1H3/t5-,6-,8-,9+,10-,11+/m0/s1. The number of hydrogen-bond donors (Lipinski definition) is 0. The minimum Gasteiger partial charge on any atom is -0.360 e. The molecule has 1 aromatic rings. The van der Waals surface area contributed by atoms with Gasteiger partial charge < -0.3 is 4.52 Å². The molecule has 2 saturated carbocycles. The van der Waals surface area contributed by atoms with Gasteiger partial charge in [-0.3, -0.25) is 9.59 Å². The van der Waals surface area contributed by atoms with Gasteiger partial charge in [0.1, 0.15) is 5.76 Å². The predicted molar refractivity (Wildman–Crippen MR) is 77.7 cm³/mol. The van der Waals surface area contributed by atoms with Gasteiger partial charge in [-0.1, -0.05) is 37.0 Å². The second-order valence-electron chi connectivity index (χ2n) is 5.81. The largest absolute Gasteiger partial charge is 0.360 e. The average molecular weight is 404 g/mol. The molecular weight excluding hydrogens is 392 g/mol. The third-order valence-electron chi connectivity index (χ3n) is 4.83. The molecule has 0 spiro atoms. The summed E-state index contributed by atoms with van der Waals surface area (Å²) in [6.07, 6.45) is 0.935. The molecular formula is C13H12Br2N2O3. The minimum absolute atomic E-state index is 0.121. The summed E-state index contributed by atoms with van der Waals surface area (Å²) in [5.74, 6) is 0.716. The van der Waals surface area contributed by atoms with Crippen molar-refractivity contribution in [3.8, 4) is 0 Å². The van der Waals surface area contributed by atoms with Crippen LogP contribution in [-0.2, 0) is 9.59 Å². The van der Waals surface area contributed by atoms with Gasteiger partial charge in [0.15, 0.2) is 5.82 Å². The molecule has 3 aliphatic rings. The lowest BCUT2D eigenvalue weighted by atomic mass is 9.81. The Hall–Kier alpha value is -0.690. The molecule has 0 aromatic carbocycles. The van der Waals surface area contributed by atoms with E-state index >= 15 is 0 Å². The number of aromatic nitrogens is 1. The highest BCUT2D eigenvalue weighted by Gasteiger charge is 2.66. The Morgan fingerprint density at radius 3 is 2.20 bits per heavy atom. The molecule has 5 nitrogen and oxygen atoms in total. The summed E-state index contributed by atoms with van der Waals surface area (Å²) in [5, 5.41) is 3.82. The number of nitrogens with zero attached hydrogens (tertiary/aromatic N) is 2. The molecule has 0 N–H and O–H groups in total. The molecule has 2 heterocycles. The second kappa shape index (κ2) is 4.16. The Kier molecular flexibility index (Phi) is 2.71. The molecule has 0 unspecified atom stereocenters. The van der Waals surface area contributed by atoms with Crippen LogP contribution in [0.1, 0.15) is 12.2 Å². The summed E-state index contributed by atoms with van der Waals surface area (Å²) in [7, 11) is 0. The van der Waals surface area contributed by atoms with Gasteiger partial charge in [-0.25, -0.2) is 4.90 Å². The van der Waals surface area contributed by atoms with Crippen molar-refractivity contribution in [1.82, 2.24) is 5.16 Å². The number of alkyl halides is 2. The Balaban J connectivity index is 1.74. The van der Waals surface area contributed by atoms with Crippen LogP contribution in [0, 0.1) is 30.6 Å². The van der Waals surface area contributed by atoms with Crippen molar-refractivity contribution in [2.75, 3.05) is 4.90 Å². The van der Waals surface area contributed by atoms with Crippen LogP contribution in [0.3, 0.4) is 0 Å². The number of halogens is 2. The van der Waals surface area contributed by atoms with Crippen molar-refractivity contribution in [3.63, 3.8) is 0 Å². The molecule has 2 bridgehead atoms. The van der Waals surface area contributed by atoms with Crippen molar-refractivity contribution in [3.05, 3.63) is 11.8 Å². The van der Waals surface area contributed by atoms with E-state index in [4.69, 9.17) is 4.52 Å². The zero-order valence-corrected chi connectivity index (χ0v) is 13.8. The van der Waals surface area contributed by atoms with E-state index in [2.05, 4.69) is 37.0 Å². The summed E-state index contributed by atoms with van der Waals surface area (Å²) in [5.41, 5.74) is 0. The Morgan fingerprint density at radius 1 is 1.20 bits per heavy atom. The van der Waals surface area contributed by atoms with Crippen molar-refractivity contribution >= 4 is 49.5 Å². The molecule has 0 radical (unpaired) electrons. The molecule has 2 aliphatic carbocycles. The normalized spacial score (nSPS) is 42.6. The third kappa shape index (κ3) is 1.45. The van der Waals surface area contributed by atoms with Gasteiger partial charge in [-0.05, 0) is 25.2 Å². The zero-order valence-electron chi connectivity index (χ0n) is 10.6. The lowest BCUT2D eigenvalue weighted by Crippen LogP contribution is -2.37. The fourth-order valence-corrected chi connectivity index (χ4v) is 5.91. The summed E-state index contributed by atoms with van der Waals surface area (Å²) >= 11 is 7.32. The molecule has 1 aromatic heterocycles. The van der Waals surface area contributed by atoms with Crippen molar-refractivity contribution < 1.29 is 14.1 Å². The van der Waals surface area contributed by atoms with E-state index in [1.807, 2.05) is 0 Å². The fraction of sp³-hybridized carbons (Fsp3) is 0.615. The SMILES string of the molecule is Cc1cc(N2C(=O)[C@@H]3[C@@H]4C[C@H]([C@H](Br)[C@@H]4Br)[C@@H]3C2=O)no1. The van der Waals surface area contributed by atoms with E-state index in [0.717, 1.165) is 6.42 Å². The Morgan fingerprint density at radius 2 is 1.75 bits per heavy atom. The van der Waals surface area contributed by atoms with E-state index in [1.54, 1.807) is 13.0 Å². The van der Waals surface area contributed by atoms with Crippen LogP contribution in [0.2, 0.25) is 0 Å². The van der Waals surface area contributed by atoms with Gasteiger partial charge in [0.2, 0.25) is 11.8 Å². The molecule has 1 aliphatic heterocycles. The minimum atomic E-state index is -0.206. The first-order valence-electron chi connectivity index (χ1n) is 6.60. The number of fused-ring (bicyclic) bond motifs is 5. The highest BCUT2D eigenvalue weighted by molar-refractivity contribution is 9.12. The van der Waals surface area contributed by atoms with E-state index in [9.17, 15) is 9.59 Å². The molecule has 20 heavy (non-hydrogen) atoms. The molecule has 3 fully saturated rings. The second-order valence-corrected chi connectivity index (χ2v) is 7.93. The number of amides is 2. The van der Waals surface area contributed by atoms with Crippen molar-refractivity contribution in [2.45, 2.75) is 23.0 Å². The van der Waals surface area contributed by atoms with E-state index in [-0.39, 0.29) is 45.1 Å². The van der Waals surface area contributed by atoms with E-state index in [0.29, 0.717) is 11.6 Å². The first-order valence-corrected chi connectivity index (χ1v) is 8.43. The number of anilines is 1. The summed E-state index contributed by atoms with van der Waals surface area (Å²) in [4.78, 5) is 27.0. The van der Waals surface area contributed by atoms with Crippen LogP contribution in [0.4, 0.5) is 5.82 Å². The van der Waals surface area contributed by atoms with E-state index in [1.165, 1.54) is 4.90 Å². The molecule has 2 amide bonds. The highest BCUT2D eigenvalue weighted by atomic mass is 79.9. The average Bonchev–Trinajstić information content (AvgIpc) is 3.10. The summed E-state index contributed by atoms with van der Waals surface area (Å²) < 4.78 is 4.99. The van der Waals surface area contributed by atoms with Crippen LogP contribution in [-0.4, -0.2) is 26.6 Å². The van der Waals surface area contributed by atoms with Crippen LogP contribution in [0.5, 0.6) is 0 Å².